The lowest BCUT2D eigenvalue weighted by atomic mass is 9.98. The highest BCUT2D eigenvalue weighted by Gasteiger charge is 2.31. The normalized spacial score (nSPS) is 20.5. The van der Waals surface area contributed by atoms with Crippen molar-refractivity contribution in [2.24, 2.45) is 4.99 Å². The SMILES string of the molecule is C[C@H]1CN(Cc2ccccc2C(=O)N[C@H]2N=C(c3ccccc3)c3ccc(C(=O)N4CCN(C)C(=O)C4)cc3NC2=O)CCO1. The molecular weight excluding hydrogens is 572 g/mol. The Morgan fingerprint density at radius 2 is 1.78 bits per heavy atom. The van der Waals surface area contributed by atoms with Gasteiger partial charge in [0.05, 0.1) is 24.1 Å². The van der Waals surface area contributed by atoms with Crippen LogP contribution in [0.15, 0.2) is 77.8 Å². The number of nitrogens with zero attached hydrogens (tertiary/aromatic N) is 4. The summed E-state index contributed by atoms with van der Waals surface area (Å²) in [5.74, 6) is -1.37. The molecule has 2 atom stereocenters. The Balaban J connectivity index is 1.28. The van der Waals surface area contributed by atoms with Gasteiger partial charge in [-0.2, -0.15) is 0 Å². The van der Waals surface area contributed by atoms with E-state index in [9.17, 15) is 19.2 Å². The molecule has 0 aromatic heterocycles. The van der Waals surface area contributed by atoms with E-state index in [2.05, 4.69) is 15.5 Å². The first kappa shape index (κ1) is 30.2. The van der Waals surface area contributed by atoms with Crippen molar-refractivity contribution in [1.82, 2.24) is 20.0 Å². The van der Waals surface area contributed by atoms with Gasteiger partial charge in [-0.05, 0) is 36.8 Å². The Bertz CT molecular complexity index is 1660. The molecule has 4 amide bonds. The highest BCUT2D eigenvalue weighted by Crippen LogP contribution is 2.27. The van der Waals surface area contributed by atoms with E-state index in [1.165, 1.54) is 4.90 Å². The lowest BCUT2D eigenvalue weighted by Crippen LogP contribution is -2.50. The van der Waals surface area contributed by atoms with Crippen LogP contribution in [0, 0.1) is 0 Å². The van der Waals surface area contributed by atoms with Gasteiger partial charge < -0.3 is 25.2 Å². The molecule has 0 unspecified atom stereocenters. The zero-order chi connectivity index (χ0) is 31.5. The number of anilines is 1. The van der Waals surface area contributed by atoms with E-state index in [1.54, 1.807) is 42.3 Å². The number of ether oxygens (including phenoxy) is 1. The second-order valence-corrected chi connectivity index (χ2v) is 11.6. The molecule has 0 aliphatic carbocycles. The molecule has 3 heterocycles. The van der Waals surface area contributed by atoms with Gasteiger partial charge in [0.15, 0.2) is 0 Å². The smallest absolute Gasteiger partial charge is 0.269 e. The average molecular weight is 609 g/mol. The van der Waals surface area contributed by atoms with Gasteiger partial charge in [0.25, 0.3) is 17.7 Å². The highest BCUT2D eigenvalue weighted by molar-refractivity contribution is 6.20. The summed E-state index contributed by atoms with van der Waals surface area (Å²) >= 11 is 0. The highest BCUT2D eigenvalue weighted by atomic mass is 16.5. The van der Waals surface area contributed by atoms with Crippen LogP contribution in [0.1, 0.15) is 44.3 Å². The fourth-order valence-corrected chi connectivity index (χ4v) is 5.84. The second kappa shape index (κ2) is 13.0. The fraction of sp³-hybridized carbons (Fsp3) is 0.324. The van der Waals surface area contributed by atoms with Crippen LogP contribution in [0.4, 0.5) is 5.69 Å². The third-order valence-electron chi connectivity index (χ3n) is 8.33. The van der Waals surface area contributed by atoms with Gasteiger partial charge in [-0.1, -0.05) is 48.5 Å². The lowest BCUT2D eigenvalue weighted by molar-refractivity contribution is -0.133. The lowest BCUT2D eigenvalue weighted by Gasteiger charge is -2.32. The average Bonchev–Trinajstić information content (AvgIpc) is 3.18. The number of benzodiazepines with no additional fused rings is 1. The summed E-state index contributed by atoms with van der Waals surface area (Å²) in [6.07, 6.45) is -1.12. The van der Waals surface area contributed by atoms with Crippen LogP contribution in [0.5, 0.6) is 0 Å². The van der Waals surface area contributed by atoms with Gasteiger partial charge in [-0.15, -0.1) is 0 Å². The minimum Gasteiger partial charge on any atom is -0.376 e. The number of piperazine rings is 1. The van der Waals surface area contributed by atoms with E-state index < -0.39 is 18.0 Å². The molecule has 2 saturated heterocycles. The fourth-order valence-electron chi connectivity index (χ4n) is 5.84. The number of morpholine rings is 1. The number of hydrogen-bond acceptors (Lipinski definition) is 7. The van der Waals surface area contributed by atoms with Gasteiger partial charge >= 0.3 is 0 Å². The largest absolute Gasteiger partial charge is 0.376 e. The summed E-state index contributed by atoms with van der Waals surface area (Å²) in [5.41, 5.74) is 3.91. The van der Waals surface area contributed by atoms with Crippen molar-refractivity contribution in [2.75, 3.05) is 51.7 Å². The maximum absolute atomic E-state index is 13.7. The maximum atomic E-state index is 13.7. The predicted molar refractivity (Wildman–Crippen MR) is 169 cm³/mol. The van der Waals surface area contributed by atoms with Gasteiger partial charge in [-0.25, -0.2) is 4.99 Å². The second-order valence-electron chi connectivity index (χ2n) is 11.6. The Labute approximate surface area is 261 Å². The molecule has 0 spiro atoms. The molecule has 0 radical (unpaired) electrons. The number of hydrogen-bond donors (Lipinski definition) is 2. The molecule has 232 valence electrons. The molecule has 11 heteroatoms. The molecule has 3 aromatic carbocycles. The van der Waals surface area contributed by atoms with Gasteiger partial charge in [-0.3, -0.25) is 24.1 Å². The number of likely N-dealkylation sites (N-methyl/N-ethyl adjacent to an activating group) is 1. The predicted octanol–water partition coefficient (Wildman–Crippen LogP) is 2.37. The third-order valence-corrected chi connectivity index (χ3v) is 8.33. The summed E-state index contributed by atoms with van der Waals surface area (Å²) < 4.78 is 5.66. The molecule has 3 aliphatic heterocycles. The summed E-state index contributed by atoms with van der Waals surface area (Å²) in [7, 11) is 1.71. The van der Waals surface area contributed by atoms with Gasteiger partial charge in [0.1, 0.15) is 6.54 Å². The van der Waals surface area contributed by atoms with E-state index in [1.807, 2.05) is 49.4 Å². The first-order valence-corrected chi connectivity index (χ1v) is 15.1. The number of fused-ring (bicyclic) bond motifs is 1. The van der Waals surface area contributed by atoms with Gasteiger partial charge in [0, 0.05) is 62.0 Å². The molecule has 45 heavy (non-hydrogen) atoms. The molecule has 0 bridgehead atoms. The van der Waals surface area contributed by atoms with Crippen molar-refractivity contribution in [3.8, 4) is 0 Å². The Morgan fingerprint density at radius 3 is 2.56 bits per heavy atom. The number of carbonyl (C=O) groups is 4. The van der Waals surface area contributed by atoms with Crippen molar-refractivity contribution in [2.45, 2.75) is 25.7 Å². The minimum atomic E-state index is -1.23. The molecule has 0 saturated carbocycles. The monoisotopic (exact) mass is 608 g/mol. The number of benzene rings is 3. The van der Waals surface area contributed by atoms with E-state index >= 15 is 0 Å². The molecule has 3 aliphatic rings. The summed E-state index contributed by atoms with van der Waals surface area (Å²) in [4.78, 5) is 63.0. The molecule has 6 rings (SSSR count). The van der Waals surface area contributed by atoms with Crippen molar-refractivity contribution in [3.63, 3.8) is 0 Å². The summed E-state index contributed by atoms with van der Waals surface area (Å²) in [6.45, 7) is 5.64. The minimum absolute atomic E-state index is 0.00432. The topological polar surface area (TPSA) is 124 Å². The molecule has 2 fully saturated rings. The molecule has 2 N–H and O–H groups in total. The first-order chi connectivity index (χ1) is 21.8. The first-order valence-electron chi connectivity index (χ1n) is 15.1. The standard InChI is InChI=1S/C34H36N6O5/c1-22-19-39(16-17-45-22)20-25-10-6-7-11-26(25)32(42)37-31-33(43)35-28-18-24(34(44)40-15-14-38(2)29(41)21-40)12-13-27(28)30(36-31)23-8-4-3-5-9-23/h3-13,18,22,31H,14-17,19-21H2,1-2H3,(H,35,43)(H,37,42)/t22-,31+/m0/s1. The maximum Gasteiger partial charge on any atom is 0.269 e. The van der Waals surface area contributed by atoms with Crippen LogP contribution < -0.4 is 10.6 Å². The Kier molecular flexibility index (Phi) is 8.72. The number of nitrogens with one attached hydrogen (secondary N) is 2. The van der Waals surface area contributed by atoms with Gasteiger partial charge in [0.2, 0.25) is 12.1 Å². The van der Waals surface area contributed by atoms with E-state index in [-0.39, 0.29) is 24.5 Å². The number of rotatable bonds is 6. The van der Waals surface area contributed by atoms with Crippen molar-refractivity contribution < 1.29 is 23.9 Å². The van der Waals surface area contributed by atoms with E-state index in [0.717, 1.165) is 24.2 Å². The van der Waals surface area contributed by atoms with Crippen molar-refractivity contribution >= 4 is 35.0 Å². The van der Waals surface area contributed by atoms with Crippen molar-refractivity contribution in [3.05, 3.63) is 101 Å². The Hall–Kier alpha value is -4.87. The molecule has 11 nitrogen and oxygen atoms in total. The number of carbonyl (C=O) groups excluding carboxylic acids is 4. The molecular formula is C34H36N6O5. The number of amides is 4. The quantitative estimate of drug-likeness (QED) is 0.443. The van der Waals surface area contributed by atoms with Crippen LogP contribution in [0.3, 0.4) is 0 Å². The van der Waals surface area contributed by atoms with Crippen LogP contribution in [0.25, 0.3) is 0 Å². The zero-order valence-electron chi connectivity index (χ0n) is 25.4. The van der Waals surface area contributed by atoms with Crippen molar-refractivity contribution in [1.29, 1.82) is 0 Å². The van der Waals surface area contributed by atoms with E-state index in [0.29, 0.717) is 54.3 Å². The van der Waals surface area contributed by atoms with E-state index in [4.69, 9.17) is 9.73 Å². The van der Waals surface area contributed by atoms with Crippen LogP contribution in [0.2, 0.25) is 0 Å². The van der Waals surface area contributed by atoms with Crippen LogP contribution in [-0.4, -0.2) is 103 Å². The molecule has 3 aromatic rings. The summed E-state index contributed by atoms with van der Waals surface area (Å²) in [6, 6.07) is 21.8. The van der Waals surface area contributed by atoms with Crippen LogP contribution in [-0.2, 0) is 20.9 Å². The zero-order valence-corrected chi connectivity index (χ0v) is 25.4. The third kappa shape index (κ3) is 6.64. The number of aliphatic imine (C=N–C) groups is 1. The summed E-state index contributed by atoms with van der Waals surface area (Å²) in [5, 5.41) is 5.74. The Morgan fingerprint density at radius 1 is 1.00 bits per heavy atom. The van der Waals surface area contributed by atoms with Crippen LogP contribution >= 0.6 is 0 Å².